The van der Waals surface area contributed by atoms with Crippen molar-refractivity contribution < 1.29 is 9.53 Å². The molecule has 1 aliphatic heterocycles. The molecule has 17 heavy (non-hydrogen) atoms. The van der Waals surface area contributed by atoms with E-state index in [9.17, 15) is 4.79 Å². The quantitative estimate of drug-likeness (QED) is 0.679. The molecule has 0 radical (unpaired) electrons. The topological polar surface area (TPSA) is 53.6 Å². The predicted octanol–water partition coefficient (Wildman–Crippen LogP) is -0.179. The lowest BCUT2D eigenvalue weighted by Crippen LogP contribution is -2.48. The van der Waals surface area contributed by atoms with Crippen LogP contribution in [0, 0.1) is 0 Å². The highest BCUT2D eigenvalue weighted by Gasteiger charge is 2.18. The fraction of sp³-hybridized carbons (Fsp3) is 0.917. The molecule has 1 heterocycles. The van der Waals surface area contributed by atoms with Gasteiger partial charge < -0.3 is 15.4 Å². The number of morpholine rings is 1. The lowest BCUT2D eigenvalue weighted by Gasteiger charge is -2.29. The Morgan fingerprint density at radius 1 is 1.59 bits per heavy atom. The summed E-state index contributed by atoms with van der Waals surface area (Å²) in [5.74, 6) is 0.0885. The number of nitrogens with one attached hydrogen (secondary N) is 2. The first-order valence-electron chi connectivity index (χ1n) is 6.45. The molecule has 1 amide bonds. The van der Waals surface area contributed by atoms with Crippen molar-refractivity contribution >= 4 is 5.91 Å². The number of rotatable bonds is 6. The maximum Gasteiger partial charge on any atom is 0.234 e. The summed E-state index contributed by atoms with van der Waals surface area (Å²) < 4.78 is 5.64. The van der Waals surface area contributed by atoms with Crippen LogP contribution >= 0.6 is 0 Å². The molecule has 2 N–H and O–H groups in total. The third-order valence-corrected chi connectivity index (χ3v) is 2.73. The van der Waals surface area contributed by atoms with Crippen molar-refractivity contribution in [2.24, 2.45) is 0 Å². The minimum absolute atomic E-state index is 0.0885. The van der Waals surface area contributed by atoms with Gasteiger partial charge in [-0.25, -0.2) is 0 Å². The highest BCUT2D eigenvalue weighted by Crippen LogP contribution is 2.00. The van der Waals surface area contributed by atoms with E-state index in [1.54, 1.807) is 0 Å². The third-order valence-electron chi connectivity index (χ3n) is 2.73. The standard InChI is InChI=1S/C12H25N3O2/c1-4-15(9-12(16)14-10(2)3)8-11-7-13-5-6-17-11/h10-11,13H,4-9H2,1-3H3,(H,14,16). The molecule has 5 nitrogen and oxygen atoms in total. The summed E-state index contributed by atoms with van der Waals surface area (Å²) in [6, 6.07) is 0.203. The number of amides is 1. The molecular weight excluding hydrogens is 218 g/mol. The summed E-state index contributed by atoms with van der Waals surface area (Å²) in [6.45, 7) is 10.7. The van der Waals surface area contributed by atoms with Crippen molar-refractivity contribution in [2.45, 2.75) is 32.9 Å². The molecule has 1 rings (SSSR count). The minimum atomic E-state index is 0.0885. The average molecular weight is 243 g/mol. The van der Waals surface area contributed by atoms with Gasteiger partial charge in [0.1, 0.15) is 0 Å². The Kier molecular flexibility index (Phi) is 6.47. The molecule has 1 fully saturated rings. The molecule has 0 aliphatic carbocycles. The molecule has 0 saturated carbocycles. The Hall–Kier alpha value is -0.650. The maximum absolute atomic E-state index is 11.7. The van der Waals surface area contributed by atoms with Crippen LogP contribution in [0.1, 0.15) is 20.8 Å². The van der Waals surface area contributed by atoms with Crippen LogP contribution in [0.4, 0.5) is 0 Å². The smallest absolute Gasteiger partial charge is 0.234 e. The summed E-state index contributed by atoms with van der Waals surface area (Å²) in [6.07, 6.45) is 0.204. The van der Waals surface area contributed by atoms with Crippen LogP contribution in [0.25, 0.3) is 0 Å². The van der Waals surface area contributed by atoms with E-state index < -0.39 is 0 Å². The molecule has 100 valence electrons. The Balaban J connectivity index is 2.29. The van der Waals surface area contributed by atoms with E-state index in [2.05, 4.69) is 22.5 Å². The van der Waals surface area contributed by atoms with Crippen LogP contribution in [0.15, 0.2) is 0 Å². The van der Waals surface area contributed by atoms with E-state index in [0.717, 1.165) is 32.8 Å². The fourth-order valence-electron chi connectivity index (χ4n) is 1.90. The first-order valence-corrected chi connectivity index (χ1v) is 6.45. The summed E-state index contributed by atoms with van der Waals surface area (Å²) in [7, 11) is 0. The highest BCUT2D eigenvalue weighted by atomic mass is 16.5. The zero-order chi connectivity index (χ0) is 12.7. The monoisotopic (exact) mass is 243 g/mol. The molecule has 0 aromatic carbocycles. The van der Waals surface area contributed by atoms with E-state index in [4.69, 9.17) is 4.74 Å². The molecule has 0 aromatic heterocycles. The van der Waals surface area contributed by atoms with Gasteiger partial charge in [0.2, 0.25) is 5.91 Å². The minimum Gasteiger partial charge on any atom is -0.374 e. The van der Waals surface area contributed by atoms with Crippen molar-refractivity contribution in [3.63, 3.8) is 0 Å². The Morgan fingerprint density at radius 3 is 2.88 bits per heavy atom. The second-order valence-corrected chi connectivity index (χ2v) is 4.75. The van der Waals surface area contributed by atoms with Gasteiger partial charge in [-0.3, -0.25) is 9.69 Å². The third kappa shape index (κ3) is 6.00. The predicted molar refractivity (Wildman–Crippen MR) is 68.0 cm³/mol. The van der Waals surface area contributed by atoms with Gasteiger partial charge in [-0.1, -0.05) is 6.92 Å². The number of hydrogen-bond donors (Lipinski definition) is 2. The maximum atomic E-state index is 11.7. The van der Waals surface area contributed by atoms with E-state index in [-0.39, 0.29) is 18.1 Å². The number of carbonyl (C=O) groups is 1. The van der Waals surface area contributed by atoms with Gasteiger partial charge in [0.25, 0.3) is 0 Å². The lowest BCUT2D eigenvalue weighted by atomic mass is 10.2. The van der Waals surface area contributed by atoms with E-state index in [1.807, 2.05) is 13.8 Å². The van der Waals surface area contributed by atoms with Gasteiger partial charge in [-0.15, -0.1) is 0 Å². The van der Waals surface area contributed by atoms with Gasteiger partial charge in [0, 0.05) is 25.7 Å². The summed E-state index contributed by atoms with van der Waals surface area (Å²) >= 11 is 0. The molecule has 0 bridgehead atoms. The fourth-order valence-corrected chi connectivity index (χ4v) is 1.90. The van der Waals surface area contributed by atoms with Gasteiger partial charge in [-0.2, -0.15) is 0 Å². The number of nitrogens with zero attached hydrogens (tertiary/aromatic N) is 1. The molecule has 1 atom stereocenters. The first-order chi connectivity index (χ1) is 8.11. The lowest BCUT2D eigenvalue weighted by molar-refractivity contribution is -0.123. The van der Waals surface area contributed by atoms with Crippen molar-refractivity contribution in [3.8, 4) is 0 Å². The molecule has 0 aromatic rings. The normalized spacial score (nSPS) is 20.9. The second kappa shape index (κ2) is 7.63. The van der Waals surface area contributed by atoms with Crippen LogP contribution in [0.3, 0.4) is 0 Å². The van der Waals surface area contributed by atoms with E-state index >= 15 is 0 Å². The van der Waals surface area contributed by atoms with Crippen LogP contribution in [-0.4, -0.2) is 62.3 Å². The first kappa shape index (κ1) is 14.4. The highest BCUT2D eigenvalue weighted by molar-refractivity contribution is 5.78. The summed E-state index contributed by atoms with van der Waals surface area (Å²) in [5.41, 5.74) is 0. The zero-order valence-corrected chi connectivity index (χ0v) is 11.2. The van der Waals surface area contributed by atoms with Crippen molar-refractivity contribution in [1.82, 2.24) is 15.5 Å². The SMILES string of the molecule is CCN(CC(=O)NC(C)C)CC1CNCCO1. The molecule has 1 saturated heterocycles. The van der Waals surface area contributed by atoms with Crippen molar-refractivity contribution in [1.29, 1.82) is 0 Å². The second-order valence-electron chi connectivity index (χ2n) is 4.75. The van der Waals surface area contributed by atoms with Crippen LogP contribution in [0.5, 0.6) is 0 Å². The van der Waals surface area contributed by atoms with Crippen molar-refractivity contribution in [2.75, 3.05) is 39.3 Å². The average Bonchev–Trinajstić information content (AvgIpc) is 2.28. The van der Waals surface area contributed by atoms with Gasteiger partial charge in [0.05, 0.1) is 19.3 Å². The number of likely N-dealkylation sites (N-methyl/N-ethyl adjacent to an activating group) is 1. The van der Waals surface area contributed by atoms with E-state index in [1.165, 1.54) is 0 Å². The van der Waals surface area contributed by atoms with Gasteiger partial charge >= 0.3 is 0 Å². The number of ether oxygens (including phenoxy) is 1. The largest absolute Gasteiger partial charge is 0.374 e. The molecule has 1 aliphatic rings. The number of carbonyl (C=O) groups excluding carboxylic acids is 1. The Morgan fingerprint density at radius 2 is 2.35 bits per heavy atom. The Labute approximate surface area is 104 Å². The van der Waals surface area contributed by atoms with Crippen LogP contribution in [-0.2, 0) is 9.53 Å². The van der Waals surface area contributed by atoms with Gasteiger partial charge in [-0.05, 0) is 20.4 Å². The molecule has 5 heteroatoms. The Bertz CT molecular complexity index is 228. The van der Waals surface area contributed by atoms with Crippen LogP contribution in [0.2, 0.25) is 0 Å². The molecule has 1 unspecified atom stereocenters. The summed E-state index contributed by atoms with van der Waals surface area (Å²) in [5, 5.41) is 6.21. The van der Waals surface area contributed by atoms with E-state index in [0.29, 0.717) is 6.54 Å². The number of hydrogen-bond acceptors (Lipinski definition) is 4. The zero-order valence-electron chi connectivity index (χ0n) is 11.2. The summed E-state index contributed by atoms with van der Waals surface area (Å²) in [4.78, 5) is 13.8. The molecular formula is C12H25N3O2. The van der Waals surface area contributed by atoms with Crippen LogP contribution < -0.4 is 10.6 Å². The van der Waals surface area contributed by atoms with Crippen molar-refractivity contribution in [3.05, 3.63) is 0 Å². The van der Waals surface area contributed by atoms with Gasteiger partial charge in [0.15, 0.2) is 0 Å². The molecule has 0 spiro atoms.